The summed E-state index contributed by atoms with van der Waals surface area (Å²) in [6.07, 6.45) is 0. The number of sulfonamides is 1. The highest BCUT2D eigenvalue weighted by atomic mass is 32.2. The minimum Gasteiger partial charge on any atom is -0.378 e. The second-order valence-electron chi connectivity index (χ2n) is 9.48. The van der Waals surface area contributed by atoms with Crippen molar-refractivity contribution in [3.05, 3.63) is 89.5 Å². The number of para-hydroxylation sites is 1. The van der Waals surface area contributed by atoms with Crippen LogP contribution in [0.3, 0.4) is 0 Å². The Balaban J connectivity index is 1.54. The van der Waals surface area contributed by atoms with E-state index in [-0.39, 0.29) is 6.04 Å². The van der Waals surface area contributed by atoms with E-state index in [1.54, 1.807) is 6.07 Å². The average molecular weight is 493 g/mol. The Morgan fingerprint density at radius 3 is 2.14 bits per heavy atom. The van der Waals surface area contributed by atoms with Gasteiger partial charge in [-0.3, -0.25) is 4.90 Å². The van der Waals surface area contributed by atoms with E-state index in [0.717, 1.165) is 48.6 Å². The van der Waals surface area contributed by atoms with Gasteiger partial charge >= 0.3 is 0 Å². The van der Waals surface area contributed by atoms with Gasteiger partial charge in [0.25, 0.3) is 0 Å². The van der Waals surface area contributed by atoms with Gasteiger partial charge in [-0.05, 0) is 55.3 Å². The highest BCUT2D eigenvalue weighted by molar-refractivity contribution is 7.89. The molecule has 1 aliphatic rings. The molecule has 1 saturated heterocycles. The summed E-state index contributed by atoms with van der Waals surface area (Å²) in [5, 5.41) is 0. The lowest BCUT2D eigenvalue weighted by Crippen LogP contribution is -2.50. The van der Waals surface area contributed by atoms with Crippen molar-refractivity contribution in [2.75, 3.05) is 56.6 Å². The Kier molecular flexibility index (Phi) is 7.79. The first-order valence-electron chi connectivity index (χ1n) is 12.1. The van der Waals surface area contributed by atoms with Gasteiger partial charge in [0.1, 0.15) is 0 Å². The first-order chi connectivity index (χ1) is 16.7. The number of nitrogens with one attached hydrogen (secondary N) is 1. The Morgan fingerprint density at radius 2 is 1.54 bits per heavy atom. The molecule has 6 nitrogen and oxygen atoms in total. The van der Waals surface area contributed by atoms with E-state index in [2.05, 4.69) is 68.0 Å². The molecule has 0 spiro atoms. The summed E-state index contributed by atoms with van der Waals surface area (Å²) >= 11 is 0. The molecule has 1 fully saturated rings. The summed E-state index contributed by atoms with van der Waals surface area (Å²) in [5.41, 5.74) is 5.29. The Bertz CT molecular complexity index is 1220. The van der Waals surface area contributed by atoms with Crippen LogP contribution in [0.5, 0.6) is 0 Å². The van der Waals surface area contributed by atoms with Crippen molar-refractivity contribution in [1.82, 2.24) is 9.62 Å². The van der Waals surface area contributed by atoms with E-state index in [9.17, 15) is 8.42 Å². The van der Waals surface area contributed by atoms with Gasteiger partial charge < -0.3 is 9.80 Å². The molecule has 0 bridgehead atoms. The number of anilines is 2. The maximum Gasteiger partial charge on any atom is 0.240 e. The van der Waals surface area contributed by atoms with Crippen LogP contribution in [0.2, 0.25) is 0 Å². The fourth-order valence-corrected chi connectivity index (χ4v) is 6.01. The van der Waals surface area contributed by atoms with Gasteiger partial charge in [0.05, 0.1) is 4.90 Å². The van der Waals surface area contributed by atoms with Crippen LogP contribution in [0.15, 0.2) is 77.7 Å². The number of hydrogen-bond acceptors (Lipinski definition) is 5. The minimum absolute atomic E-state index is 0.0512. The molecule has 186 valence electrons. The van der Waals surface area contributed by atoms with E-state index >= 15 is 0 Å². The van der Waals surface area contributed by atoms with Crippen molar-refractivity contribution in [2.24, 2.45) is 0 Å². The van der Waals surface area contributed by atoms with E-state index in [1.807, 2.05) is 46.1 Å². The Morgan fingerprint density at radius 1 is 0.886 bits per heavy atom. The maximum atomic E-state index is 13.2. The summed E-state index contributed by atoms with van der Waals surface area (Å²) < 4.78 is 29.4. The van der Waals surface area contributed by atoms with Crippen LogP contribution >= 0.6 is 0 Å². The molecule has 1 heterocycles. The third-order valence-corrected chi connectivity index (χ3v) is 8.34. The SMILES string of the molecule is Cc1ccc(S(=O)(=O)NCC(c2ccc(N(C)C)cc2)N2CCN(c3ccccc3)CC2)c(C)c1. The van der Waals surface area contributed by atoms with E-state index in [1.165, 1.54) is 5.69 Å². The lowest BCUT2D eigenvalue weighted by Gasteiger charge is -2.40. The number of hydrogen-bond donors (Lipinski definition) is 1. The lowest BCUT2D eigenvalue weighted by atomic mass is 10.0. The van der Waals surface area contributed by atoms with Gasteiger partial charge in [-0.15, -0.1) is 0 Å². The van der Waals surface area contributed by atoms with Crippen LogP contribution in [0.4, 0.5) is 11.4 Å². The molecule has 1 N–H and O–H groups in total. The topological polar surface area (TPSA) is 55.9 Å². The Labute approximate surface area is 210 Å². The van der Waals surface area contributed by atoms with Gasteiger partial charge in [0.2, 0.25) is 10.0 Å². The van der Waals surface area contributed by atoms with Gasteiger partial charge in [-0.25, -0.2) is 13.1 Å². The van der Waals surface area contributed by atoms with Crippen LogP contribution < -0.4 is 14.5 Å². The summed E-state index contributed by atoms with van der Waals surface area (Å²) in [6.45, 7) is 7.67. The predicted molar refractivity (Wildman–Crippen MR) is 145 cm³/mol. The van der Waals surface area contributed by atoms with Gasteiger partial charge in [0, 0.05) is 64.2 Å². The van der Waals surface area contributed by atoms with Crippen molar-refractivity contribution < 1.29 is 8.42 Å². The van der Waals surface area contributed by atoms with Crippen LogP contribution in [-0.2, 0) is 10.0 Å². The highest BCUT2D eigenvalue weighted by Gasteiger charge is 2.27. The minimum atomic E-state index is -3.62. The molecule has 1 atom stereocenters. The van der Waals surface area contributed by atoms with Gasteiger partial charge in [-0.2, -0.15) is 0 Å². The Hall–Kier alpha value is -2.87. The first kappa shape index (κ1) is 25.2. The zero-order valence-corrected chi connectivity index (χ0v) is 21.9. The summed E-state index contributed by atoms with van der Waals surface area (Å²) in [5.74, 6) is 0. The molecule has 0 aliphatic carbocycles. The monoisotopic (exact) mass is 492 g/mol. The normalized spacial score (nSPS) is 15.7. The zero-order chi connectivity index (χ0) is 25.0. The molecule has 0 aromatic heterocycles. The molecule has 35 heavy (non-hydrogen) atoms. The lowest BCUT2D eigenvalue weighted by molar-refractivity contribution is 0.187. The molecule has 0 radical (unpaired) electrons. The van der Waals surface area contributed by atoms with Crippen LogP contribution in [0.25, 0.3) is 0 Å². The number of benzene rings is 3. The average Bonchev–Trinajstić information content (AvgIpc) is 2.85. The van der Waals surface area contributed by atoms with Gasteiger partial charge in [-0.1, -0.05) is 48.0 Å². The number of nitrogens with zero attached hydrogens (tertiary/aromatic N) is 3. The molecule has 3 aromatic rings. The van der Waals surface area contributed by atoms with Gasteiger partial charge in [0.15, 0.2) is 0 Å². The van der Waals surface area contributed by atoms with Crippen molar-refractivity contribution in [3.63, 3.8) is 0 Å². The highest BCUT2D eigenvalue weighted by Crippen LogP contribution is 2.26. The molecule has 3 aromatic carbocycles. The molecule has 0 saturated carbocycles. The molecule has 4 rings (SSSR count). The molecule has 7 heteroatoms. The van der Waals surface area contributed by atoms with Crippen molar-refractivity contribution in [3.8, 4) is 0 Å². The predicted octanol–water partition coefficient (Wildman–Crippen LogP) is 4.21. The zero-order valence-electron chi connectivity index (χ0n) is 21.1. The van der Waals surface area contributed by atoms with Crippen LogP contribution in [0.1, 0.15) is 22.7 Å². The molecule has 1 aliphatic heterocycles. The second-order valence-corrected chi connectivity index (χ2v) is 11.2. The van der Waals surface area contributed by atoms with E-state index in [4.69, 9.17) is 0 Å². The van der Waals surface area contributed by atoms with Crippen LogP contribution in [-0.4, -0.2) is 60.1 Å². The van der Waals surface area contributed by atoms with E-state index < -0.39 is 10.0 Å². The quantitative estimate of drug-likeness (QED) is 0.511. The number of aryl methyl sites for hydroxylation is 2. The number of rotatable bonds is 8. The van der Waals surface area contributed by atoms with E-state index in [0.29, 0.717) is 11.4 Å². The number of piperazine rings is 1. The fraction of sp³-hybridized carbons (Fsp3) is 0.357. The molecular formula is C28H36N4O2S. The third kappa shape index (κ3) is 6.04. The largest absolute Gasteiger partial charge is 0.378 e. The first-order valence-corrected chi connectivity index (χ1v) is 13.6. The summed E-state index contributed by atoms with van der Waals surface area (Å²) in [6, 6.07) is 24.3. The maximum absolute atomic E-state index is 13.2. The van der Waals surface area contributed by atoms with Crippen LogP contribution in [0, 0.1) is 13.8 Å². The third-order valence-electron chi connectivity index (χ3n) is 6.76. The standard InChI is InChI=1S/C28H36N4O2S/c1-22-10-15-28(23(2)20-22)35(33,34)29-21-27(24-11-13-25(14-12-24)30(3)4)32-18-16-31(17-19-32)26-8-6-5-7-9-26/h5-15,20,27,29H,16-19,21H2,1-4H3. The second kappa shape index (κ2) is 10.8. The van der Waals surface area contributed by atoms with Crippen molar-refractivity contribution in [2.45, 2.75) is 24.8 Å². The molecule has 1 unspecified atom stereocenters. The summed E-state index contributed by atoms with van der Waals surface area (Å²) in [7, 11) is 0.422. The molecular weight excluding hydrogens is 456 g/mol. The smallest absolute Gasteiger partial charge is 0.240 e. The molecule has 0 amide bonds. The van der Waals surface area contributed by atoms with Crippen molar-refractivity contribution >= 4 is 21.4 Å². The van der Waals surface area contributed by atoms with Crippen molar-refractivity contribution in [1.29, 1.82) is 0 Å². The fourth-order valence-electron chi connectivity index (χ4n) is 4.75. The summed E-state index contributed by atoms with van der Waals surface area (Å²) in [4.78, 5) is 7.20.